The molecule has 0 aliphatic carbocycles. The fourth-order valence-electron chi connectivity index (χ4n) is 2.17. The Kier molecular flexibility index (Phi) is 5.39. The van der Waals surface area contributed by atoms with Crippen LogP contribution in [0.15, 0.2) is 54.7 Å². The molecule has 134 valence electrons. The van der Waals surface area contributed by atoms with Gasteiger partial charge in [-0.3, -0.25) is 4.79 Å². The molecule has 0 atom stereocenters. The lowest BCUT2D eigenvalue weighted by Crippen LogP contribution is -2.11. The van der Waals surface area contributed by atoms with Crippen molar-refractivity contribution in [3.8, 4) is 11.8 Å². The van der Waals surface area contributed by atoms with Crippen LogP contribution in [0.25, 0.3) is 5.57 Å². The van der Waals surface area contributed by atoms with Gasteiger partial charge in [-0.05, 0) is 53.7 Å². The summed E-state index contributed by atoms with van der Waals surface area (Å²) in [5.41, 5.74) is 2.10. The van der Waals surface area contributed by atoms with Crippen LogP contribution in [0.2, 0.25) is 0 Å². The zero-order chi connectivity index (χ0) is 19.1. The highest BCUT2D eigenvalue weighted by atomic mass is 16.5. The van der Waals surface area contributed by atoms with Crippen molar-refractivity contribution in [3.05, 3.63) is 66.1 Å². The zero-order valence-electron chi connectivity index (χ0n) is 14.3. The molecule has 3 N–H and O–H groups in total. The molecule has 0 fully saturated rings. The van der Waals surface area contributed by atoms with Gasteiger partial charge >= 0.3 is 0 Å². The van der Waals surface area contributed by atoms with Crippen LogP contribution in [0, 0.1) is 11.3 Å². The Bertz CT molecular complexity index is 972. The van der Waals surface area contributed by atoms with Gasteiger partial charge in [-0.2, -0.15) is 10.5 Å². The molecule has 0 radical (unpaired) electrons. The summed E-state index contributed by atoms with van der Waals surface area (Å²) in [7, 11) is 1.58. The Balaban J connectivity index is 1.64. The molecule has 0 aliphatic heterocycles. The number of ether oxygens (including phenoxy) is 1. The van der Waals surface area contributed by atoms with Gasteiger partial charge in [0.15, 0.2) is 0 Å². The molecule has 2 aromatic carbocycles. The molecule has 9 nitrogen and oxygen atoms in total. The second-order valence-corrected chi connectivity index (χ2v) is 5.31. The number of allylic oxidation sites excluding steroid dienone is 1. The van der Waals surface area contributed by atoms with Crippen LogP contribution in [0.5, 0.6) is 5.75 Å². The number of H-pyrrole nitrogens is 1. The highest BCUT2D eigenvalue weighted by Gasteiger charge is 2.07. The van der Waals surface area contributed by atoms with Crippen LogP contribution in [-0.4, -0.2) is 33.6 Å². The monoisotopic (exact) mass is 361 g/mol. The summed E-state index contributed by atoms with van der Waals surface area (Å²) in [6.07, 6.45) is 1.47. The largest absolute Gasteiger partial charge is 0.497 e. The zero-order valence-corrected chi connectivity index (χ0v) is 14.3. The van der Waals surface area contributed by atoms with Crippen molar-refractivity contribution in [3.63, 3.8) is 0 Å². The quantitative estimate of drug-likeness (QED) is 0.575. The fourth-order valence-corrected chi connectivity index (χ4v) is 2.17. The number of carbonyl (C=O) groups excluding carboxylic acids is 1. The van der Waals surface area contributed by atoms with Crippen molar-refractivity contribution in [1.82, 2.24) is 20.6 Å². The summed E-state index contributed by atoms with van der Waals surface area (Å²) in [6, 6.07) is 15.9. The number of methoxy groups -OCH3 is 1. The van der Waals surface area contributed by atoms with Crippen LogP contribution >= 0.6 is 0 Å². The molecule has 27 heavy (non-hydrogen) atoms. The number of aromatic amines is 1. The topological polar surface area (TPSA) is 129 Å². The van der Waals surface area contributed by atoms with E-state index in [1.807, 2.05) is 6.07 Å². The van der Waals surface area contributed by atoms with Gasteiger partial charge in [-0.1, -0.05) is 0 Å². The van der Waals surface area contributed by atoms with Crippen LogP contribution < -0.4 is 15.4 Å². The van der Waals surface area contributed by atoms with E-state index in [1.165, 1.54) is 6.20 Å². The molecular weight excluding hydrogens is 346 g/mol. The smallest absolute Gasteiger partial charge is 0.255 e. The van der Waals surface area contributed by atoms with E-state index in [2.05, 4.69) is 31.3 Å². The Hall–Kier alpha value is -4.19. The fraction of sp³-hybridized carbons (Fsp3) is 0.0556. The third-order valence-corrected chi connectivity index (χ3v) is 3.58. The van der Waals surface area contributed by atoms with Gasteiger partial charge in [0.25, 0.3) is 5.91 Å². The van der Waals surface area contributed by atoms with Crippen molar-refractivity contribution in [2.24, 2.45) is 0 Å². The number of nitriles is 1. The number of tetrazole rings is 1. The van der Waals surface area contributed by atoms with Crippen LogP contribution in [0.3, 0.4) is 0 Å². The van der Waals surface area contributed by atoms with Crippen LogP contribution in [0.4, 0.5) is 11.4 Å². The molecule has 0 saturated carbocycles. The number of amides is 1. The third-order valence-electron chi connectivity index (χ3n) is 3.58. The van der Waals surface area contributed by atoms with Gasteiger partial charge in [-0.15, -0.1) is 10.2 Å². The summed E-state index contributed by atoms with van der Waals surface area (Å²) in [5.74, 6) is 0.682. The predicted octanol–water partition coefficient (Wildman–Crippen LogP) is 2.44. The maximum Gasteiger partial charge on any atom is 0.255 e. The van der Waals surface area contributed by atoms with E-state index in [1.54, 1.807) is 55.6 Å². The van der Waals surface area contributed by atoms with E-state index in [0.29, 0.717) is 22.7 Å². The number of rotatable bonds is 6. The summed E-state index contributed by atoms with van der Waals surface area (Å²) in [6.45, 7) is 0. The van der Waals surface area contributed by atoms with E-state index in [4.69, 9.17) is 10.00 Å². The van der Waals surface area contributed by atoms with Gasteiger partial charge < -0.3 is 15.4 Å². The molecule has 0 saturated heterocycles. The molecule has 1 heterocycles. The first kappa shape index (κ1) is 17.6. The van der Waals surface area contributed by atoms with Crippen molar-refractivity contribution in [2.75, 3.05) is 17.7 Å². The number of nitrogens with zero attached hydrogens (tertiary/aromatic N) is 4. The van der Waals surface area contributed by atoms with Crippen LogP contribution in [0.1, 0.15) is 16.2 Å². The van der Waals surface area contributed by atoms with E-state index in [9.17, 15) is 4.79 Å². The highest BCUT2D eigenvalue weighted by molar-refractivity contribution is 6.04. The maximum absolute atomic E-state index is 12.3. The van der Waals surface area contributed by atoms with E-state index in [0.717, 1.165) is 0 Å². The van der Waals surface area contributed by atoms with Gasteiger partial charge in [0, 0.05) is 23.1 Å². The minimum absolute atomic E-state index is 0.195. The number of hydrogen-bond donors (Lipinski definition) is 3. The third kappa shape index (κ3) is 4.46. The molecule has 0 aliphatic rings. The number of aromatic nitrogens is 4. The molecule has 3 aromatic rings. The maximum atomic E-state index is 12.3. The average Bonchev–Trinajstić information content (AvgIpc) is 3.24. The van der Waals surface area contributed by atoms with Crippen LogP contribution in [-0.2, 0) is 0 Å². The number of benzene rings is 2. The first-order valence-corrected chi connectivity index (χ1v) is 7.85. The second kappa shape index (κ2) is 8.26. The lowest BCUT2D eigenvalue weighted by molar-refractivity contribution is 0.102. The summed E-state index contributed by atoms with van der Waals surface area (Å²) in [4.78, 5) is 12.3. The van der Waals surface area contributed by atoms with Gasteiger partial charge in [0.2, 0.25) is 5.82 Å². The van der Waals surface area contributed by atoms with Crippen molar-refractivity contribution in [1.29, 1.82) is 5.26 Å². The number of carbonyl (C=O) groups is 1. The Morgan fingerprint density at radius 3 is 2.44 bits per heavy atom. The average molecular weight is 361 g/mol. The van der Waals surface area contributed by atoms with E-state index in [-0.39, 0.29) is 17.3 Å². The number of anilines is 2. The Morgan fingerprint density at radius 1 is 1.15 bits per heavy atom. The molecule has 0 bridgehead atoms. The molecule has 0 unspecified atom stereocenters. The first-order chi connectivity index (χ1) is 13.2. The van der Waals surface area contributed by atoms with Crippen molar-refractivity contribution < 1.29 is 9.53 Å². The minimum atomic E-state index is -0.230. The molecule has 1 aromatic heterocycles. The van der Waals surface area contributed by atoms with Crippen molar-refractivity contribution in [2.45, 2.75) is 0 Å². The highest BCUT2D eigenvalue weighted by Crippen LogP contribution is 2.17. The summed E-state index contributed by atoms with van der Waals surface area (Å²) >= 11 is 0. The van der Waals surface area contributed by atoms with E-state index >= 15 is 0 Å². The molecule has 0 spiro atoms. The first-order valence-electron chi connectivity index (χ1n) is 7.85. The van der Waals surface area contributed by atoms with E-state index < -0.39 is 0 Å². The van der Waals surface area contributed by atoms with Gasteiger partial charge in [-0.25, -0.2) is 0 Å². The number of hydrogen-bond acceptors (Lipinski definition) is 7. The molecule has 1 amide bonds. The summed E-state index contributed by atoms with van der Waals surface area (Å²) < 4.78 is 5.09. The Morgan fingerprint density at radius 2 is 1.85 bits per heavy atom. The molecular formula is C18H15N7O2. The summed E-state index contributed by atoms with van der Waals surface area (Å²) in [5, 5.41) is 28.1. The van der Waals surface area contributed by atoms with Gasteiger partial charge in [0.05, 0.1) is 7.11 Å². The lowest BCUT2D eigenvalue weighted by Gasteiger charge is -2.07. The lowest BCUT2D eigenvalue weighted by atomic mass is 10.2. The minimum Gasteiger partial charge on any atom is -0.497 e. The SMILES string of the molecule is COc1ccc(NC(=O)c2ccc(NC=C(C#N)c3nn[nH]n3)cc2)cc1. The Labute approximate surface area is 154 Å². The van der Waals surface area contributed by atoms with Gasteiger partial charge in [0.1, 0.15) is 17.4 Å². The standard InChI is InChI=1S/C18H15N7O2/c1-27-16-8-6-15(7-9-16)21-18(26)12-2-4-14(5-3-12)20-11-13(10-19)17-22-24-25-23-17/h2-9,11,20H,1H3,(H,21,26)(H,22,23,24,25). The molecule has 9 heteroatoms. The number of nitrogens with one attached hydrogen (secondary N) is 3. The predicted molar refractivity (Wildman–Crippen MR) is 98.8 cm³/mol. The molecule has 3 rings (SSSR count). The second-order valence-electron chi connectivity index (χ2n) is 5.31. The van der Waals surface area contributed by atoms with Crippen molar-refractivity contribution >= 4 is 22.9 Å². The normalized spacial score (nSPS) is 10.7.